The Kier molecular flexibility index (Phi) is 5.09. The summed E-state index contributed by atoms with van der Waals surface area (Å²) in [6, 6.07) is 3.09. The molecule has 0 aliphatic heterocycles. The largest absolute Gasteiger partial charge is 0.480 e. The third-order valence-electron chi connectivity index (χ3n) is 2.45. The Labute approximate surface area is 110 Å². The maximum absolute atomic E-state index is 12.1. The average Bonchev–Trinajstić information content (AvgIpc) is 2.34. The number of aromatic nitrogens is 1. The van der Waals surface area contributed by atoms with E-state index in [1.54, 1.807) is 13.0 Å². The van der Waals surface area contributed by atoms with Crippen LogP contribution in [0.1, 0.15) is 29.9 Å². The number of carboxylic acids is 1. The third kappa shape index (κ3) is 3.70. The monoisotopic (exact) mass is 270 g/mol. The molecule has 1 amide bonds. The number of likely N-dealkylation sites (N-methyl/N-ethyl adjacent to an activating group) is 1. The fourth-order valence-electron chi connectivity index (χ4n) is 1.53. The van der Waals surface area contributed by atoms with Crippen molar-refractivity contribution in [2.24, 2.45) is 0 Å². The van der Waals surface area contributed by atoms with Crippen molar-refractivity contribution in [3.63, 3.8) is 0 Å². The predicted molar refractivity (Wildman–Crippen MR) is 67.8 cm³/mol. The van der Waals surface area contributed by atoms with Gasteiger partial charge in [0, 0.05) is 17.8 Å². The Bertz CT molecular complexity index is 463. The second-order valence-corrected chi connectivity index (χ2v) is 4.12. The van der Waals surface area contributed by atoms with Crippen LogP contribution in [-0.4, -0.2) is 40.0 Å². The zero-order valence-corrected chi connectivity index (χ0v) is 11.1. The lowest BCUT2D eigenvalue weighted by molar-refractivity contribution is -0.137. The summed E-state index contributed by atoms with van der Waals surface area (Å²) < 4.78 is 0. The fourth-order valence-corrected chi connectivity index (χ4v) is 1.75. The van der Waals surface area contributed by atoms with Gasteiger partial charge in [-0.1, -0.05) is 18.5 Å². The summed E-state index contributed by atoms with van der Waals surface area (Å²) in [4.78, 5) is 28.1. The van der Waals surface area contributed by atoms with Crippen LogP contribution in [0.4, 0.5) is 0 Å². The lowest BCUT2D eigenvalue weighted by atomic mass is 10.2. The lowest BCUT2D eigenvalue weighted by Gasteiger charge is -2.18. The van der Waals surface area contributed by atoms with Crippen molar-refractivity contribution in [2.45, 2.75) is 20.3 Å². The van der Waals surface area contributed by atoms with Gasteiger partial charge < -0.3 is 10.0 Å². The second kappa shape index (κ2) is 6.35. The third-order valence-corrected chi connectivity index (χ3v) is 2.65. The predicted octanol–water partition coefficient (Wildman–Crippen LogP) is 1.84. The van der Waals surface area contributed by atoms with Crippen molar-refractivity contribution in [3.8, 4) is 0 Å². The Morgan fingerprint density at radius 2 is 2.06 bits per heavy atom. The fraction of sp³-hybridized carbons (Fsp3) is 0.417. The lowest BCUT2D eigenvalue weighted by Crippen LogP contribution is -2.35. The van der Waals surface area contributed by atoms with Crippen molar-refractivity contribution in [3.05, 3.63) is 28.5 Å². The highest BCUT2D eigenvalue weighted by Gasteiger charge is 2.18. The second-order valence-electron chi connectivity index (χ2n) is 3.74. The van der Waals surface area contributed by atoms with E-state index in [2.05, 4.69) is 4.98 Å². The molecule has 0 radical (unpaired) electrons. The number of aliphatic carboxylic acids is 1. The Morgan fingerprint density at radius 3 is 2.56 bits per heavy atom. The van der Waals surface area contributed by atoms with Crippen LogP contribution in [0.2, 0.25) is 5.15 Å². The molecule has 1 aromatic rings. The van der Waals surface area contributed by atoms with E-state index in [0.29, 0.717) is 24.2 Å². The number of hydrogen-bond donors (Lipinski definition) is 1. The number of aryl methyl sites for hydroxylation is 1. The summed E-state index contributed by atoms with van der Waals surface area (Å²) in [5, 5.41) is 8.97. The summed E-state index contributed by atoms with van der Waals surface area (Å²) >= 11 is 5.83. The SMILES string of the molecule is CCc1cc(C(=O)N(CC)CC(=O)O)cc(Cl)n1. The number of rotatable bonds is 5. The van der Waals surface area contributed by atoms with Crippen molar-refractivity contribution in [2.75, 3.05) is 13.1 Å². The molecule has 0 unspecified atom stereocenters. The van der Waals surface area contributed by atoms with E-state index in [9.17, 15) is 9.59 Å². The number of halogens is 1. The molecule has 0 saturated heterocycles. The minimum atomic E-state index is -1.04. The Morgan fingerprint density at radius 1 is 1.39 bits per heavy atom. The molecule has 1 aromatic heterocycles. The van der Waals surface area contributed by atoms with Crippen LogP contribution in [0.15, 0.2) is 12.1 Å². The molecule has 0 fully saturated rings. The van der Waals surface area contributed by atoms with Gasteiger partial charge in [0.1, 0.15) is 11.7 Å². The van der Waals surface area contributed by atoms with Gasteiger partial charge in [-0.15, -0.1) is 0 Å². The van der Waals surface area contributed by atoms with E-state index in [4.69, 9.17) is 16.7 Å². The summed E-state index contributed by atoms with van der Waals surface area (Å²) in [5.74, 6) is -1.39. The van der Waals surface area contributed by atoms with Gasteiger partial charge in [0.15, 0.2) is 0 Å². The van der Waals surface area contributed by atoms with Gasteiger partial charge in [0.2, 0.25) is 0 Å². The van der Waals surface area contributed by atoms with Crippen molar-refractivity contribution < 1.29 is 14.7 Å². The van der Waals surface area contributed by atoms with E-state index in [1.807, 2.05) is 6.92 Å². The summed E-state index contributed by atoms with van der Waals surface area (Å²) in [6.07, 6.45) is 0.659. The van der Waals surface area contributed by atoms with Crippen LogP contribution >= 0.6 is 11.6 Å². The number of amides is 1. The number of hydrogen-bond acceptors (Lipinski definition) is 3. The first-order valence-electron chi connectivity index (χ1n) is 5.65. The van der Waals surface area contributed by atoms with Crippen LogP contribution in [0.25, 0.3) is 0 Å². The summed E-state index contributed by atoms with van der Waals surface area (Å²) in [5.41, 5.74) is 1.08. The average molecular weight is 271 g/mol. The Balaban J connectivity index is 3.01. The number of carbonyl (C=O) groups excluding carboxylic acids is 1. The van der Waals surface area contributed by atoms with Crippen LogP contribution in [-0.2, 0) is 11.2 Å². The first kappa shape index (κ1) is 14.4. The molecule has 5 nitrogen and oxygen atoms in total. The van der Waals surface area contributed by atoms with Crippen LogP contribution < -0.4 is 0 Å². The Hall–Kier alpha value is -1.62. The molecule has 0 bridgehead atoms. The van der Waals surface area contributed by atoms with E-state index in [0.717, 1.165) is 0 Å². The standard InChI is InChI=1S/C12H15ClN2O3/c1-3-9-5-8(6-10(13)14-9)12(18)15(4-2)7-11(16)17/h5-6H,3-4,7H2,1-2H3,(H,16,17). The molecular formula is C12H15ClN2O3. The molecule has 1 heterocycles. The van der Waals surface area contributed by atoms with Crippen molar-refractivity contribution in [1.82, 2.24) is 9.88 Å². The van der Waals surface area contributed by atoms with E-state index in [1.165, 1.54) is 11.0 Å². The molecular weight excluding hydrogens is 256 g/mol. The minimum Gasteiger partial charge on any atom is -0.480 e. The number of nitrogens with zero attached hydrogens (tertiary/aromatic N) is 2. The molecule has 1 rings (SSSR count). The first-order chi connectivity index (χ1) is 8.47. The van der Waals surface area contributed by atoms with Crippen LogP contribution in [0.5, 0.6) is 0 Å². The molecule has 98 valence electrons. The zero-order valence-electron chi connectivity index (χ0n) is 10.3. The van der Waals surface area contributed by atoms with E-state index >= 15 is 0 Å². The first-order valence-corrected chi connectivity index (χ1v) is 6.03. The molecule has 18 heavy (non-hydrogen) atoms. The normalized spacial score (nSPS) is 10.2. The summed E-state index contributed by atoms with van der Waals surface area (Å²) in [6.45, 7) is 3.63. The number of carboxylic acid groups (broad SMARTS) is 1. The van der Waals surface area contributed by atoms with Gasteiger partial charge in [-0.05, 0) is 25.5 Å². The topological polar surface area (TPSA) is 70.5 Å². The van der Waals surface area contributed by atoms with Gasteiger partial charge in [-0.25, -0.2) is 4.98 Å². The maximum Gasteiger partial charge on any atom is 0.323 e. The highest BCUT2D eigenvalue weighted by molar-refractivity contribution is 6.29. The summed E-state index contributed by atoms with van der Waals surface area (Å²) in [7, 11) is 0. The molecule has 0 aliphatic rings. The molecule has 0 aliphatic carbocycles. The van der Waals surface area contributed by atoms with Crippen molar-refractivity contribution >= 4 is 23.5 Å². The maximum atomic E-state index is 12.1. The highest BCUT2D eigenvalue weighted by atomic mass is 35.5. The molecule has 0 spiro atoms. The van der Waals surface area contributed by atoms with Crippen LogP contribution in [0.3, 0.4) is 0 Å². The van der Waals surface area contributed by atoms with E-state index in [-0.39, 0.29) is 17.6 Å². The smallest absolute Gasteiger partial charge is 0.323 e. The van der Waals surface area contributed by atoms with Gasteiger partial charge in [0.05, 0.1) is 0 Å². The molecule has 0 atom stereocenters. The molecule has 0 saturated carbocycles. The van der Waals surface area contributed by atoms with Gasteiger partial charge >= 0.3 is 5.97 Å². The molecule has 6 heteroatoms. The number of carbonyl (C=O) groups is 2. The molecule has 1 N–H and O–H groups in total. The van der Waals surface area contributed by atoms with Crippen LogP contribution in [0, 0.1) is 0 Å². The van der Waals surface area contributed by atoms with Gasteiger partial charge in [-0.2, -0.15) is 0 Å². The van der Waals surface area contributed by atoms with Crippen molar-refractivity contribution in [1.29, 1.82) is 0 Å². The number of pyridine rings is 1. The van der Waals surface area contributed by atoms with Gasteiger partial charge in [0.25, 0.3) is 5.91 Å². The quantitative estimate of drug-likeness (QED) is 0.829. The highest BCUT2D eigenvalue weighted by Crippen LogP contribution is 2.13. The minimum absolute atomic E-state index is 0.240. The van der Waals surface area contributed by atoms with E-state index < -0.39 is 5.97 Å². The molecule has 0 aromatic carbocycles. The zero-order chi connectivity index (χ0) is 13.7. The van der Waals surface area contributed by atoms with Gasteiger partial charge in [-0.3, -0.25) is 9.59 Å².